The molecule has 1 N–H and O–H groups in total. The van der Waals surface area contributed by atoms with Gasteiger partial charge in [-0.15, -0.1) is 23.2 Å². The van der Waals surface area contributed by atoms with Crippen LogP contribution >= 0.6 is 23.2 Å². The van der Waals surface area contributed by atoms with Crippen molar-refractivity contribution in [3.05, 3.63) is 131 Å². The van der Waals surface area contributed by atoms with Crippen molar-refractivity contribution in [3.63, 3.8) is 0 Å². The van der Waals surface area contributed by atoms with Crippen molar-refractivity contribution in [2.75, 3.05) is 28.8 Å². The number of phenolic OH excluding ortho intramolecular Hbond substituents is 1. The summed E-state index contributed by atoms with van der Waals surface area (Å²) >= 11 is 14.5. The van der Waals surface area contributed by atoms with Crippen molar-refractivity contribution in [3.8, 4) is 5.75 Å². The second-order valence-electron chi connectivity index (χ2n) is 15.6. The van der Waals surface area contributed by atoms with Gasteiger partial charge in [-0.25, -0.2) is 26.9 Å². The highest BCUT2D eigenvalue weighted by atomic mass is 35.5. The molecule has 0 radical (unpaired) electrons. The molecule has 9 rings (SSSR count). The monoisotopic (exact) mass is 873 g/mol. The van der Waals surface area contributed by atoms with E-state index in [1.165, 1.54) is 18.2 Å². The molecule has 2 saturated heterocycles. The first kappa shape index (κ1) is 40.2. The number of hydrogen-bond acceptors (Lipinski definition) is 8. The maximum atomic E-state index is 15.4. The SMILES string of the molecule is CN(C)c1ccc(N=Nc2ccc(N3C(=O)[C@H]4[C@H](CC=C5[C@H]4C[C@@]4(Cl)C(=O)N(c6c(F)c(F)c(F)c(F)c6F)C(=O)[C@@]4(Cl)[C@H]5c4ccc5ccccc5c4O)C3=O)cc2)cc1. The van der Waals surface area contributed by atoms with Crippen molar-refractivity contribution in [1.29, 1.82) is 0 Å². The summed E-state index contributed by atoms with van der Waals surface area (Å²) < 4.78 is 74.3. The predicted molar refractivity (Wildman–Crippen MR) is 216 cm³/mol. The Morgan fingerprint density at radius 1 is 0.705 bits per heavy atom. The number of benzene rings is 5. The number of carbonyl (C=O) groups is 4. The van der Waals surface area contributed by atoms with Crippen LogP contribution in [-0.2, 0) is 19.2 Å². The summed E-state index contributed by atoms with van der Waals surface area (Å²) in [7, 11) is 3.81. The van der Waals surface area contributed by atoms with E-state index in [-0.39, 0.29) is 33.5 Å². The third-order valence-corrected chi connectivity index (χ3v) is 13.6. The number of amides is 4. The zero-order chi connectivity index (χ0) is 43.4. The summed E-state index contributed by atoms with van der Waals surface area (Å²) in [4.78, 5) is 55.1. The Balaban J connectivity index is 1.13. The van der Waals surface area contributed by atoms with Crippen LogP contribution in [0.3, 0.4) is 0 Å². The van der Waals surface area contributed by atoms with Gasteiger partial charge in [0, 0.05) is 36.7 Å². The zero-order valence-electron chi connectivity index (χ0n) is 31.8. The summed E-state index contributed by atoms with van der Waals surface area (Å²) in [5, 5.41) is 21.1. The van der Waals surface area contributed by atoms with Crippen LogP contribution in [0, 0.1) is 46.8 Å². The molecule has 6 atom stereocenters. The molecule has 2 aliphatic carbocycles. The van der Waals surface area contributed by atoms with Gasteiger partial charge in [-0.3, -0.25) is 24.1 Å². The Hall–Kier alpha value is -6.19. The third kappa shape index (κ3) is 5.66. The van der Waals surface area contributed by atoms with Gasteiger partial charge < -0.3 is 10.0 Å². The van der Waals surface area contributed by atoms with Crippen molar-refractivity contribution in [1.82, 2.24) is 0 Å². The molecule has 4 aliphatic rings. The largest absolute Gasteiger partial charge is 0.507 e. The van der Waals surface area contributed by atoms with Gasteiger partial charge in [-0.2, -0.15) is 10.2 Å². The Bertz CT molecular complexity index is 2800. The molecule has 0 unspecified atom stereocenters. The summed E-state index contributed by atoms with van der Waals surface area (Å²) in [5.74, 6) is -22.4. The Kier molecular flexibility index (Phi) is 9.36. The van der Waals surface area contributed by atoms with Crippen LogP contribution in [0.4, 0.5) is 50.4 Å². The number of phenols is 1. The molecule has 2 heterocycles. The summed E-state index contributed by atoms with van der Waals surface area (Å²) in [5.41, 5.74) is 0.398. The lowest BCUT2D eigenvalue weighted by Crippen LogP contribution is -2.60. The number of azo groups is 1. The second-order valence-corrected chi connectivity index (χ2v) is 16.8. The number of anilines is 3. The molecule has 0 aromatic heterocycles. The average molecular weight is 875 g/mol. The quantitative estimate of drug-likeness (QED) is 0.0345. The molecule has 5 aromatic rings. The Morgan fingerprint density at radius 3 is 1.92 bits per heavy atom. The highest BCUT2D eigenvalue weighted by Crippen LogP contribution is 2.67. The molecule has 5 aromatic carbocycles. The van der Waals surface area contributed by atoms with Gasteiger partial charge in [-0.1, -0.05) is 48.0 Å². The Labute approximate surface area is 353 Å². The molecule has 0 spiro atoms. The van der Waals surface area contributed by atoms with Crippen LogP contribution < -0.4 is 14.7 Å². The molecule has 4 amide bonds. The van der Waals surface area contributed by atoms with Gasteiger partial charge in [-0.05, 0) is 72.7 Å². The van der Waals surface area contributed by atoms with E-state index in [2.05, 4.69) is 10.2 Å². The van der Waals surface area contributed by atoms with Gasteiger partial charge >= 0.3 is 0 Å². The van der Waals surface area contributed by atoms with Gasteiger partial charge in [0.1, 0.15) is 11.4 Å². The van der Waals surface area contributed by atoms with E-state index >= 15 is 8.78 Å². The highest BCUT2D eigenvalue weighted by Gasteiger charge is 2.77. The van der Waals surface area contributed by atoms with Gasteiger partial charge in [0.05, 0.1) is 28.9 Å². The number of nitrogens with zero attached hydrogens (tertiary/aromatic N) is 5. The number of fused-ring (bicyclic) bond motifs is 5. The van der Waals surface area contributed by atoms with Crippen LogP contribution in [0.15, 0.2) is 107 Å². The smallest absolute Gasteiger partial charge is 0.258 e. The number of carbonyl (C=O) groups excluding carboxylic acids is 4. The van der Waals surface area contributed by atoms with Crippen LogP contribution in [0.25, 0.3) is 10.8 Å². The summed E-state index contributed by atoms with van der Waals surface area (Å²) in [6, 6.07) is 23.0. The van der Waals surface area contributed by atoms with E-state index in [0.29, 0.717) is 16.8 Å². The lowest BCUT2D eigenvalue weighted by atomic mass is 9.56. The van der Waals surface area contributed by atoms with Crippen molar-refractivity contribution in [2.45, 2.75) is 28.5 Å². The first-order valence-corrected chi connectivity index (χ1v) is 19.6. The van der Waals surface area contributed by atoms with Gasteiger partial charge in [0.2, 0.25) is 17.6 Å². The van der Waals surface area contributed by atoms with Crippen LogP contribution in [0.2, 0.25) is 0 Å². The molecular weight excluding hydrogens is 844 g/mol. The molecule has 0 bridgehead atoms. The van der Waals surface area contributed by atoms with E-state index in [0.717, 1.165) is 10.6 Å². The molecule has 17 heteroatoms. The minimum atomic E-state index is -2.79. The number of imide groups is 2. The fourth-order valence-corrected chi connectivity index (χ4v) is 10.2. The van der Waals surface area contributed by atoms with Crippen molar-refractivity contribution >= 4 is 86.0 Å². The first-order chi connectivity index (χ1) is 29.0. The molecule has 1 saturated carbocycles. The maximum Gasteiger partial charge on any atom is 0.258 e. The number of halogens is 7. The number of alkyl halides is 2. The number of aromatic hydroxyl groups is 1. The fourth-order valence-electron chi connectivity index (χ4n) is 9.27. The van der Waals surface area contributed by atoms with E-state index < -0.39 is 104 Å². The fraction of sp³-hybridized carbons (Fsp3) is 0.227. The average Bonchev–Trinajstić information content (AvgIpc) is 3.59. The van der Waals surface area contributed by atoms with Gasteiger partial charge in [0.25, 0.3) is 11.8 Å². The van der Waals surface area contributed by atoms with Crippen LogP contribution in [0.1, 0.15) is 24.3 Å². The van der Waals surface area contributed by atoms with E-state index in [4.69, 9.17) is 23.2 Å². The standard InChI is InChI=1S/C44H30Cl2F5N5O5/c1-54(2)23-12-8-21(9-13-23)52-53-22-10-14-24(15-11-22)55-39(58)27-18-17-26-29(30(27)40(55)59)19-43(45)41(60)56(37-35(50)33(48)32(47)34(49)36(37)51)42(61)44(43,46)31(26)28-16-7-20-5-3-4-6-25(20)38(28)57/h3-17,27,29-31,57H,18-19H2,1-2H3/t27-,29+,30-,31+,43+,44-/m0/s1. The lowest BCUT2D eigenvalue weighted by molar-refractivity contribution is -0.125. The predicted octanol–water partition coefficient (Wildman–Crippen LogP) is 9.49. The second kappa shape index (κ2) is 14.2. The third-order valence-electron chi connectivity index (χ3n) is 12.2. The first-order valence-electron chi connectivity index (χ1n) is 18.9. The summed E-state index contributed by atoms with van der Waals surface area (Å²) in [6.45, 7) is 0. The van der Waals surface area contributed by atoms with Crippen LogP contribution in [0.5, 0.6) is 5.75 Å². The van der Waals surface area contributed by atoms with Crippen LogP contribution in [-0.4, -0.2) is 52.6 Å². The van der Waals surface area contributed by atoms with Crippen molar-refractivity contribution in [2.24, 2.45) is 28.0 Å². The molecule has 10 nitrogen and oxygen atoms in total. The maximum absolute atomic E-state index is 15.4. The Morgan fingerprint density at radius 2 is 1.30 bits per heavy atom. The number of allylic oxidation sites excluding steroid dienone is 2. The van der Waals surface area contributed by atoms with E-state index in [1.54, 1.807) is 60.7 Å². The zero-order valence-corrected chi connectivity index (χ0v) is 33.4. The summed E-state index contributed by atoms with van der Waals surface area (Å²) in [6.07, 6.45) is 0.801. The minimum absolute atomic E-state index is 0.0763. The highest BCUT2D eigenvalue weighted by molar-refractivity contribution is 6.58. The van der Waals surface area contributed by atoms with Crippen molar-refractivity contribution < 1.29 is 46.2 Å². The normalized spacial score (nSPS) is 26.0. The van der Waals surface area contributed by atoms with Gasteiger partial charge in [0.15, 0.2) is 33.0 Å². The lowest BCUT2D eigenvalue weighted by Gasteiger charge is -2.50. The minimum Gasteiger partial charge on any atom is -0.507 e. The van der Waals surface area contributed by atoms with E-state index in [1.807, 2.05) is 31.1 Å². The van der Waals surface area contributed by atoms with E-state index in [9.17, 15) is 37.5 Å². The molecule has 3 fully saturated rings. The molecule has 310 valence electrons. The molecule has 2 aliphatic heterocycles. The molecule has 61 heavy (non-hydrogen) atoms. The number of rotatable bonds is 6. The number of hydrogen-bond donors (Lipinski definition) is 1. The topological polar surface area (TPSA) is 123 Å². The molecular formula is C44H30Cl2F5N5O5.